The number of hydrogen-bond donors (Lipinski definition) is 1. The number of nitrogens with one attached hydrogen (secondary N) is 1. The van der Waals surface area contributed by atoms with E-state index in [9.17, 15) is 4.79 Å². The van der Waals surface area contributed by atoms with Gasteiger partial charge < -0.3 is 9.73 Å². The summed E-state index contributed by atoms with van der Waals surface area (Å²) < 4.78 is 6.49. The molecular formula is C20H14BrN3O2. The standard InChI is InChI=1S/C20H14BrN3O2/c21-16-5-2-1-4-15(16)19(25)23-12-13-7-9-14(10-8-13)20-24-18-17(26-20)6-3-11-22-18/h1-11H,12H2,(H,23,25). The zero-order valence-corrected chi connectivity index (χ0v) is 15.2. The van der Waals surface area contributed by atoms with Gasteiger partial charge in [0.25, 0.3) is 5.91 Å². The van der Waals surface area contributed by atoms with E-state index in [2.05, 4.69) is 31.2 Å². The molecule has 6 heteroatoms. The summed E-state index contributed by atoms with van der Waals surface area (Å²) in [5.41, 5.74) is 3.72. The summed E-state index contributed by atoms with van der Waals surface area (Å²) in [7, 11) is 0. The Hall–Kier alpha value is -2.99. The van der Waals surface area contributed by atoms with Crippen LogP contribution < -0.4 is 5.32 Å². The highest BCUT2D eigenvalue weighted by Gasteiger charge is 2.10. The summed E-state index contributed by atoms with van der Waals surface area (Å²) in [4.78, 5) is 20.8. The van der Waals surface area contributed by atoms with Gasteiger partial charge in [0, 0.05) is 22.8 Å². The van der Waals surface area contributed by atoms with Crippen molar-refractivity contribution in [1.29, 1.82) is 0 Å². The van der Waals surface area contributed by atoms with E-state index in [0.29, 0.717) is 29.2 Å². The van der Waals surface area contributed by atoms with Crippen molar-refractivity contribution in [3.63, 3.8) is 0 Å². The van der Waals surface area contributed by atoms with Crippen molar-refractivity contribution in [3.8, 4) is 11.5 Å². The number of benzene rings is 2. The average molecular weight is 408 g/mol. The molecule has 0 aliphatic rings. The maximum Gasteiger partial charge on any atom is 0.252 e. The van der Waals surface area contributed by atoms with Crippen LogP contribution in [-0.4, -0.2) is 15.9 Å². The van der Waals surface area contributed by atoms with E-state index in [0.717, 1.165) is 15.6 Å². The zero-order chi connectivity index (χ0) is 17.9. The molecule has 4 aromatic rings. The van der Waals surface area contributed by atoms with Gasteiger partial charge in [0.05, 0.1) is 5.56 Å². The summed E-state index contributed by atoms with van der Waals surface area (Å²) in [5, 5.41) is 2.92. The number of carbonyl (C=O) groups excluding carboxylic acids is 1. The van der Waals surface area contributed by atoms with Gasteiger partial charge in [-0.2, -0.15) is 4.98 Å². The number of carbonyl (C=O) groups is 1. The Labute approximate surface area is 158 Å². The third-order valence-electron chi connectivity index (χ3n) is 3.94. The summed E-state index contributed by atoms with van der Waals surface area (Å²) >= 11 is 3.39. The van der Waals surface area contributed by atoms with E-state index in [1.807, 2.05) is 54.6 Å². The summed E-state index contributed by atoms with van der Waals surface area (Å²) in [6.45, 7) is 0.440. The maximum atomic E-state index is 12.3. The second kappa shape index (κ2) is 7.09. The molecule has 0 fully saturated rings. The van der Waals surface area contributed by atoms with Crippen molar-refractivity contribution >= 4 is 33.1 Å². The highest BCUT2D eigenvalue weighted by Crippen LogP contribution is 2.23. The number of halogens is 1. The van der Waals surface area contributed by atoms with Crippen LogP contribution in [0, 0.1) is 0 Å². The molecule has 0 atom stereocenters. The van der Waals surface area contributed by atoms with E-state index in [-0.39, 0.29) is 5.91 Å². The third-order valence-corrected chi connectivity index (χ3v) is 4.63. The number of pyridine rings is 1. The molecule has 1 amide bonds. The number of aromatic nitrogens is 2. The molecular weight excluding hydrogens is 394 g/mol. The van der Waals surface area contributed by atoms with Crippen LogP contribution >= 0.6 is 15.9 Å². The monoisotopic (exact) mass is 407 g/mol. The Balaban J connectivity index is 1.46. The molecule has 5 nitrogen and oxygen atoms in total. The van der Waals surface area contributed by atoms with Crippen molar-refractivity contribution in [2.45, 2.75) is 6.54 Å². The van der Waals surface area contributed by atoms with E-state index >= 15 is 0 Å². The molecule has 0 saturated carbocycles. The van der Waals surface area contributed by atoms with E-state index < -0.39 is 0 Å². The van der Waals surface area contributed by atoms with Crippen LogP contribution in [-0.2, 0) is 6.54 Å². The molecule has 0 bridgehead atoms. The summed E-state index contributed by atoms with van der Waals surface area (Å²) in [5.74, 6) is 0.411. The van der Waals surface area contributed by atoms with Crippen molar-refractivity contribution in [2.75, 3.05) is 0 Å². The van der Waals surface area contributed by atoms with Crippen molar-refractivity contribution in [3.05, 3.63) is 82.5 Å². The van der Waals surface area contributed by atoms with Gasteiger partial charge in [0.1, 0.15) is 0 Å². The van der Waals surface area contributed by atoms with Gasteiger partial charge in [0.15, 0.2) is 11.2 Å². The molecule has 4 rings (SSSR count). The van der Waals surface area contributed by atoms with Crippen LogP contribution in [0.15, 0.2) is 75.8 Å². The molecule has 0 saturated heterocycles. The van der Waals surface area contributed by atoms with Crippen molar-refractivity contribution < 1.29 is 9.21 Å². The topological polar surface area (TPSA) is 68.0 Å². The largest absolute Gasteiger partial charge is 0.434 e. The molecule has 0 unspecified atom stereocenters. The van der Waals surface area contributed by atoms with Gasteiger partial charge in [-0.15, -0.1) is 0 Å². The van der Waals surface area contributed by atoms with Crippen molar-refractivity contribution in [2.24, 2.45) is 0 Å². The van der Waals surface area contributed by atoms with Crippen LogP contribution in [0.5, 0.6) is 0 Å². The van der Waals surface area contributed by atoms with Crippen LogP contribution in [0.2, 0.25) is 0 Å². The number of rotatable bonds is 4. The number of oxazole rings is 1. The van der Waals surface area contributed by atoms with Crippen LogP contribution in [0.3, 0.4) is 0 Å². The van der Waals surface area contributed by atoms with Crippen molar-refractivity contribution in [1.82, 2.24) is 15.3 Å². The normalized spacial score (nSPS) is 10.8. The average Bonchev–Trinajstić information content (AvgIpc) is 3.11. The lowest BCUT2D eigenvalue weighted by Crippen LogP contribution is -2.23. The first-order chi connectivity index (χ1) is 12.7. The number of nitrogens with zero attached hydrogens (tertiary/aromatic N) is 2. The number of hydrogen-bond acceptors (Lipinski definition) is 4. The molecule has 0 aliphatic heterocycles. The molecule has 128 valence electrons. The lowest BCUT2D eigenvalue weighted by atomic mass is 10.1. The van der Waals surface area contributed by atoms with Crippen LogP contribution in [0.1, 0.15) is 15.9 Å². The van der Waals surface area contributed by atoms with Gasteiger partial charge in [-0.25, -0.2) is 4.98 Å². The highest BCUT2D eigenvalue weighted by molar-refractivity contribution is 9.10. The Bertz CT molecular complexity index is 1040. The lowest BCUT2D eigenvalue weighted by molar-refractivity contribution is 0.0950. The van der Waals surface area contributed by atoms with Crippen LogP contribution in [0.4, 0.5) is 0 Å². The summed E-state index contributed by atoms with van der Waals surface area (Å²) in [6.07, 6.45) is 1.69. The van der Waals surface area contributed by atoms with Crippen LogP contribution in [0.25, 0.3) is 22.7 Å². The van der Waals surface area contributed by atoms with E-state index in [1.54, 1.807) is 12.3 Å². The third kappa shape index (κ3) is 3.36. The fraction of sp³-hybridized carbons (Fsp3) is 0.0500. The predicted molar refractivity (Wildman–Crippen MR) is 103 cm³/mol. The predicted octanol–water partition coefficient (Wildman–Crippen LogP) is 4.58. The first-order valence-corrected chi connectivity index (χ1v) is 8.83. The lowest BCUT2D eigenvalue weighted by Gasteiger charge is -2.07. The maximum absolute atomic E-state index is 12.3. The Kier molecular flexibility index (Phi) is 4.50. The van der Waals surface area contributed by atoms with Gasteiger partial charge in [-0.05, 0) is 57.9 Å². The Morgan fingerprint density at radius 2 is 1.85 bits per heavy atom. The highest BCUT2D eigenvalue weighted by atomic mass is 79.9. The fourth-order valence-electron chi connectivity index (χ4n) is 2.58. The minimum atomic E-state index is -0.119. The summed E-state index contributed by atoms with van der Waals surface area (Å²) in [6, 6.07) is 18.7. The van der Waals surface area contributed by atoms with Gasteiger partial charge >= 0.3 is 0 Å². The number of amides is 1. The van der Waals surface area contributed by atoms with Gasteiger partial charge in [-0.1, -0.05) is 24.3 Å². The molecule has 0 aliphatic carbocycles. The molecule has 26 heavy (non-hydrogen) atoms. The SMILES string of the molecule is O=C(NCc1ccc(-c2nc3ncccc3o2)cc1)c1ccccc1Br. The molecule has 0 spiro atoms. The molecule has 2 heterocycles. The second-order valence-electron chi connectivity index (χ2n) is 5.70. The van der Waals surface area contributed by atoms with E-state index in [4.69, 9.17) is 4.42 Å². The quantitative estimate of drug-likeness (QED) is 0.537. The Morgan fingerprint density at radius 3 is 2.62 bits per heavy atom. The molecule has 2 aromatic carbocycles. The minimum Gasteiger partial charge on any atom is -0.434 e. The van der Waals surface area contributed by atoms with E-state index in [1.165, 1.54) is 0 Å². The first-order valence-electron chi connectivity index (χ1n) is 8.04. The minimum absolute atomic E-state index is 0.119. The smallest absolute Gasteiger partial charge is 0.252 e. The number of fused-ring (bicyclic) bond motifs is 1. The second-order valence-corrected chi connectivity index (χ2v) is 6.56. The van der Waals surface area contributed by atoms with Gasteiger partial charge in [0.2, 0.25) is 5.89 Å². The van der Waals surface area contributed by atoms with Gasteiger partial charge in [-0.3, -0.25) is 4.79 Å². The molecule has 0 radical (unpaired) electrons. The first kappa shape index (κ1) is 16.5. The fourth-order valence-corrected chi connectivity index (χ4v) is 3.05. The zero-order valence-electron chi connectivity index (χ0n) is 13.6. The Morgan fingerprint density at radius 1 is 1.04 bits per heavy atom. The molecule has 1 N–H and O–H groups in total. The molecule has 2 aromatic heterocycles.